The van der Waals surface area contributed by atoms with Crippen LogP contribution in [0.15, 0.2) is 36.4 Å². The Hall–Kier alpha value is -2.07. The lowest BCUT2D eigenvalue weighted by atomic mass is 10.0. The standard InChI is InChI=1S/C18H23NO3/c1-12(2)8-16(18(20)21)19-11-13-9-14-6-4-5-7-15(14)17(10-13)22-3/h4-7,9-10,12,16,19H,8,11H2,1-3H3,(H,20,21). The Balaban J connectivity index is 2.18. The fourth-order valence-electron chi connectivity index (χ4n) is 2.59. The molecule has 0 aliphatic carbocycles. The first-order valence-electron chi connectivity index (χ1n) is 7.53. The molecule has 0 aromatic heterocycles. The van der Waals surface area contributed by atoms with Crippen molar-refractivity contribution in [3.63, 3.8) is 0 Å². The van der Waals surface area contributed by atoms with Crippen molar-refractivity contribution >= 4 is 16.7 Å². The normalized spacial score (nSPS) is 12.5. The lowest BCUT2D eigenvalue weighted by Crippen LogP contribution is -2.37. The predicted octanol–water partition coefficient (Wildman–Crippen LogP) is 3.44. The SMILES string of the molecule is COc1cc(CNC(CC(C)C)C(=O)O)cc2ccccc12. The van der Waals surface area contributed by atoms with Crippen LogP contribution in [0.4, 0.5) is 0 Å². The number of aliphatic carboxylic acids is 1. The van der Waals surface area contributed by atoms with Gasteiger partial charge in [-0.1, -0.05) is 38.1 Å². The number of carboxylic acids is 1. The molecule has 0 amide bonds. The molecule has 0 fully saturated rings. The average molecular weight is 301 g/mol. The summed E-state index contributed by atoms with van der Waals surface area (Å²) < 4.78 is 5.44. The largest absolute Gasteiger partial charge is 0.496 e. The Morgan fingerprint density at radius 3 is 2.64 bits per heavy atom. The minimum atomic E-state index is -0.804. The van der Waals surface area contributed by atoms with Crippen molar-refractivity contribution in [3.05, 3.63) is 42.0 Å². The molecule has 2 aromatic rings. The molecule has 4 heteroatoms. The maximum atomic E-state index is 11.3. The number of rotatable bonds is 7. The van der Waals surface area contributed by atoms with Crippen LogP contribution in [0.25, 0.3) is 10.8 Å². The molecule has 0 radical (unpaired) electrons. The van der Waals surface area contributed by atoms with Crippen LogP contribution in [0.5, 0.6) is 5.75 Å². The molecule has 0 bridgehead atoms. The highest BCUT2D eigenvalue weighted by molar-refractivity contribution is 5.89. The maximum Gasteiger partial charge on any atom is 0.320 e. The zero-order chi connectivity index (χ0) is 16.1. The van der Waals surface area contributed by atoms with Crippen LogP contribution in [-0.2, 0) is 11.3 Å². The van der Waals surface area contributed by atoms with Crippen molar-refractivity contribution < 1.29 is 14.6 Å². The minimum absolute atomic E-state index is 0.333. The zero-order valence-electron chi connectivity index (χ0n) is 13.3. The summed E-state index contributed by atoms with van der Waals surface area (Å²) in [6, 6.07) is 11.5. The Labute approximate surface area is 131 Å². The molecule has 2 aromatic carbocycles. The molecule has 2 N–H and O–H groups in total. The van der Waals surface area contributed by atoms with Gasteiger partial charge in [-0.05, 0) is 35.4 Å². The van der Waals surface area contributed by atoms with E-state index in [0.717, 1.165) is 22.1 Å². The molecule has 22 heavy (non-hydrogen) atoms. The third-order valence-electron chi connectivity index (χ3n) is 3.66. The molecular formula is C18H23NO3. The van der Waals surface area contributed by atoms with Crippen molar-refractivity contribution in [1.82, 2.24) is 5.32 Å². The van der Waals surface area contributed by atoms with Gasteiger partial charge < -0.3 is 15.2 Å². The number of hydrogen-bond acceptors (Lipinski definition) is 3. The number of nitrogens with one attached hydrogen (secondary N) is 1. The minimum Gasteiger partial charge on any atom is -0.496 e. The molecule has 118 valence electrons. The second kappa shape index (κ2) is 7.27. The summed E-state index contributed by atoms with van der Waals surface area (Å²) >= 11 is 0. The van der Waals surface area contributed by atoms with Crippen LogP contribution in [0.3, 0.4) is 0 Å². The summed E-state index contributed by atoms with van der Waals surface area (Å²) in [7, 11) is 1.65. The monoisotopic (exact) mass is 301 g/mol. The molecule has 2 rings (SSSR count). The summed E-state index contributed by atoms with van der Waals surface area (Å²) in [6.07, 6.45) is 0.611. The third-order valence-corrected chi connectivity index (χ3v) is 3.66. The Bertz CT molecular complexity index is 652. The summed E-state index contributed by atoms with van der Waals surface area (Å²) in [5.74, 6) is 0.340. The molecule has 0 aliphatic heterocycles. The molecule has 0 heterocycles. The van der Waals surface area contributed by atoms with Crippen LogP contribution >= 0.6 is 0 Å². The fraction of sp³-hybridized carbons (Fsp3) is 0.389. The lowest BCUT2D eigenvalue weighted by molar-refractivity contribution is -0.140. The van der Waals surface area contributed by atoms with E-state index in [1.807, 2.05) is 44.2 Å². The first-order valence-corrected chi connectivity index (χ1v) is 7.53. The number of hydrogen-bond donors (Lipinski definition) is 2. The highest BCUT2D eigenvalue weighted by Crippen LogP contribution is 2.27. The van der Waals surface area contributed by atoms with Crippen molar-refractivity contribution in [3.8, 4) is 5.75 Å². The molecule has 0 saturated heterocycles. The van der Waals surface area contributed by atoms with E-state index in [9.17, 15) is 9.90 Å². The topological polar surface area (TPSA) is 58.6 Å². The Morgan fingerprint density at radius 2 is 2.00 bits per heavy atom. The van der Waals surface area contributed by atoms with Crippen molar-refractivity contribution in [1.29, 1.82) is 0 Å². The highest BCUT2D eigenvalue weighted by atomic mass is 16.5. The summed E-state index contributed by atoms with van der Waals surface area (Å²) in [4.78, 5) is 11.3. The van der Waals surface area contributed by atoms with Gasteiger partial charge in [-0.2, -0.15) is 0 Å². The van der Waals surface area contributed by atoms with E-state index in [1.165, 1.54) is 0 Å². The number of benzene rings is 2. The van der Waals surface area contributed by atoms with E-state index in [0.29, 0.717) is 18.9 Å². The Kier molecular flexibility index (Phi) is 5.39. The Morgan fingerprint density at radius 1 is 1.27 bits per heavy atom. The quantitative estimate of drug-likeness (QED) is 0.822. The van der Waals surface area contributed by atoms with E-state index in [1.54, 1.807) is 7.11 Å². The first kappa shape index (κ1) is 16.3. The lowest BCUT2D eigenvalue weighted by Gasteiger charge is -2.17. The number of fused-ring (bicyclic) bond motifs is 1. The molecule has 0 spiro atoms. The highest BCUT2D eigenvalue weighted by Gasteiger charge is 2.18. The van der Waals surface area contributed by atoms with Gasteiger partial charge in [0.2, 0.25) is 0 Å². The maximum absolute atomic E-state index is 11.3. The van der Waals surface area contributed by atoms with Gasteiger partial charge in [-0.25, -0.2) is 0 Å². The first-order chi connectivity index (χ1) is 10.5. The van der Waals surface area contributed by atoms with E-state index in [4.69, 9.17) is 4.74 Å². The van der Waals surface area contributed by atoms with Crippen LogP contribution < -0.4 is 10.1 Å². The average Bonchev–Trinajstić information content (AvgIpc) is 2.49. The van der Waals surface area contributed by atoms with Crippen LogP contribution in [0.1, 0.15) is 25.8 Å². The van der Waals surface area contributed by atoms with Gasteiger partial charge in [0.05, 0.1) is 7.11 Å². The second-order valence-corrected chi connectivity index (χ2v) is 5.92. The second-order valence-electron chi connectivity index (χ2n) is 5.92. The summed E-state index contributed by atoms with van der Waals surface area (Å²) in [5, 5.41) is 14.6. The summed E-state index contributed by atoms with van der Waals surface area (Å²) in [5.41, 5.74) is 1.02. The molecule has 0 saturated carbocycles. The van der Waals surface area contributed by atoms with Crippen LogP contribution in [0, 0.1) is 5.92 Å². The van der Waals surface area contributed by atoms with Crippen LogP contribution in [0.2, 0.25) is 0 Å². The van der Waals surface area contributed by atoms with E-state index in [2.05, 4.69) is 11.4 Å². The fourth-order valence-corrected chi connectivity index (χ4v) is 2.59. The van der Waals surface area contributed by atoms with Gasteiger partial charge >= 0.3 is 5.97 Å². The zero-order valence-corrected chi connectivity index (χ0v) is 13.3. The van der Waals surface area contributed by atoms with Crippen molar-refractivity contribution in [2.45, 2.75) is 32.9 Å². The van der Waals surface area contributed by atoms with Gasteiger partial charge in [0.15, 0.2) is 0 Å². The third kappa shape index (κ3) is 3.98. The molecule has 4 nitrogen and oxygen atoms in total. The van der Waals surface area contributed by atoms with Gasteiger partial charge in [0.25, 0.3) is 0 Å². The van der Waals surface area contributed by atoms with Crippen LogP contribution in [-0.4, -0.2) is 24.2 Å². The number of carboxylic acid groups (broad SMARTS) is 1. The summed E-state index contributed by atoms with van der Waals surface area (Å²) in [6.45, 7) is 4.55. The van der Waals surface area contributed by atoms with Gasteiger partial charge in [0, 0.05) is 11.9 Å². The molecule has 1 unspecified atom stereocenters. The van der Waals surface area contributed by atoms with Crippen molar-refractivity contribution in [2.75, 3.05) is 7.11 Å². The molecule has 1 atom stereocenters. The number of ether oxygens (including phenoxy) is 1. The number of methoxy groups -OCH3 is 1. The van der Waals surface area contributed by atoms with E-state index >= 15 is 0 Å². The van der Waals surface area contributed by atoms with Gasteiger partial charge in [-0.15, -0.1) is 0 Å². The molecular weight excluding hydrogens is 278 g/mol. The smallest absolute Gasteiger partial charge is 0.320 e. The van der Waals surface area contributed by atoms with Crippen molar-refractivity contribution in [2.24, 2.45) is 5.92 Å². The van der Waals surface area contributed by atoms with Gasteiger partial charge in [-0.3, -0.25) is 4.79 Å². The van der Waals surface area contributed by atoms with E-state index < -0.39 is 12.0 Å². The van der Waals surface area contributed by atoms with E-state index in [-0.39, 0.29) is 0 Å². The predicted molar refractivity (Wildman–Crippen MR) is 88.2 cm³/mol. The number of carbonyl (C=O) groups is 1. The molecule has 0 aliphatic rings. The van der Waals surface area contributed by atoms with Gasteiger partial charge in [0.1, 0.15) is 11.8 Å².